The SMILES string of the molecule is [C-]#[N+]/C(C(=O)c1ccsc1)=C1/CCCN1. The van der Waals surface area contributed by atoms with Crippen LogP contribution in [-0.4, -0.2) is 12.3 Å². The summed E-state index contributed by atoms with van der Waals surface area (Å²) < 4.78 is 0. The van der Waals surface area contributed by atoms with Gasteiger partial charge in [-0.3, -0.25) is 0 Å². The van der Waals surface area contributed by atoms with Crippen LogP contribution in [0.4, 0.5) is 0 Å². The van der Waals surface area contributed by atoms with Gasteiger partial charge in [0.25, 0.3) is 5.70 Å². The zero-order valence-electron chi connectivity index (χ0n) is 8.12. The Morgan fingerprint density at radius 2 is 2.47 bits per heavy atom. The summed E-state index contributed by atoms with van der Waals surface area (Å²) in [5.41, 5.74) is 1.68. The van der Waals surface area contributed by atoms with Crippen molar-refractivity contribution in [2.45, 2.75) is 12.8 Å². The first-order valence-corrected chi connectivity index (χ1v) is 5.68. The fraction of sp³-hybridized carbons (Fsp3) is 0.273. The van der Waals surface area contributed by atoms with Crippen molar-refractivity contribution >= 4 is 17.1 Å². The van der Waals surface area contributed by atoms with Crippen LogP contribution in [0.5, 0.6) is 0 Å². The molecule has 1 aromatic heterocycles. The summed E-state index contributed by atoms with van der Waals surface area (Å²) >= 11 is 1.47. The second-order valence-corrected chi connectivity index (χ2v) is 4.09. The summed E-state index contributed by atoms with van der Waals surface area (Å²) in [6.07, 6.45) is 1.82. The number of rotatable bonds is 2. The summed E-state index contributed by atoms with van der Waals surface area (Å²) in [7, 11) is 0. The number of hydrogen-bond acceptors (Lipinski definition) is 3. The smallest absolute Gasteiger partial charge is 0.252 e. The highest BCUT2D eigenvalue weighted by molar-refractivity contribution is 7.08. The molecule has 2 heterocycles. The third-order valence-electron chi connectivity index (χ3n) is 2.34. The Labute approximate surface area is 92.2 Å². The Balaban J connectivity index is 2.33. The number of hydrogen-bond donors (Lipinski definition) is 1. The average molecular weight is 218 g/mol. The van der Waals surface area contributed by atoms with E-state index in [2.05, 4.69) is 10.2 Å². The van der Waals surface area contributed by atoms with Crippen molar-refractivity contribution in [1.29, 1.82) is 0 Å². The molecular formula is C11H10N2OS. The number of Topliss-reactive ketones (excluding diaryl/α,β-unsaturated/α-hetero) is 1. The molecule has 2 rings (SSSR count). The van der Waals surface area contributed by atoms with Crippen molar-refractivity contribution in [2.75, 3.05) is 6.54 Å². The van der Waals surface area contributed by atoms with E-state index in [-0.39, 0.29) is 11.5 Å². The molecule has 1 aliphatic heterocycles. The minimum Gasteiger partial charge on any atom is -0.397 e. The highest BCUT2D eigenvalue weighted by Crippen LogP contribution is 2.20. The fourth-order valence-corrected chi connectivity index (χ4v) is 2.22. The van der Waals surface area contributed by atoms with Gasteiger partial charge in [0.05, 0.1) is 6.57 Å². The fourth-order valence-electron chi connectivity index (χ4n) is 1.58. The normalized spacial score (nSPS) is 18.1. The van der Waals surface area contributed by atoms with Gasteiger partial charge in [-0.15, -0.1) is 0 Å². The van der Waals surface area contributed by atoms with E-state index >= 15 is 0 Å². The standard InChI is InChI=1S/C11H10N2OS/c1-12-10(9-3-2-5-13-9)11(14)8-4-6-15-7-8/h4,6-7,13H,2-3,5H2/b10-9-. The summed E-state index contributed by atoms with van der Waals surface area (Å²) in [5.74, 6) is -0.157. The van der Waals surface area contributed by atoms with Crippen molar-refractivity contribution in [3.05, 3.63) is 45.2 Å². The second kappa shape index (κ2) is 4.28. The van der Waals surface area contributed by atoms with Crippen LogP contribution in [-0.2, 0) is 0 Å². The molecule has 1 N–H and O–H groups in total. The number of ketones is 1. The Bertz CT molecular complexity index is 432. The molecule has 0 bridgehead atoms. The van der Waals surface area contributed by atoms with Gasteiger partial charge in [-0.2, -0.15) is 11.3 Å². The van der Waals surface area contributed by atoms with E-state index in [1.807, 2.05) is 5.38 Å². The van der Waals surface area contributed by atoms with Gasteiger partial charge in [-0.05, 0) is 24.3 Å². The largest absolute Gasteiger partial charge is 0.397 e. The molecule has 3 nitrogen and oxygen atoms in total. The minimum absolute atomic E-state index is 0.157. The number of carbonyl (C=O) groups excluding carboxylic acids is 1. The van der Waals surface area contributed by atoms with Crippen molar-refractivity contribution < 1.29 is 4.79 Å². The summed E-state index contributed by atoms with van der Waals surface area (Å²) in [6.45, 7) is 7.93. The molecule has 76 valence electrons. The van der Waals surface area contributed by atoms with Gasteiger partial charge in [-0.1, -0.05) is 0 Å². The number of thiophene rings is 1. The predicted molar refractivity (Wildman–Crippen MR) is 59.5 cm³/mol. The lowest BCUT2D eigenvalue weighted by atomic mass is 10.1. The molecule has 4 heteroatoms. The lowest BCUT2D eigenvalue weighted by Crippen LogP contribution is -2.10. The zero-order valence-corrected chi connectivity index (χ0v) is 8.93. The number of nitrogens with zero attached hydrogens (tertiary/aromatic N) is 1. The van der Waals surface area contributed by atoms with Crippen LogP contribution in [0.2, 0.25) is 0 Å². The molecule has 0 unspecified atom stereocenters. The van der Waals surface area contributed by atoms with Crippen molar-refractivity contribution in [3.8, 4) is 0 Å². The molecule has 15 heavy (non-hydrogen) atoms. The molecule has 1 aromatic rings. The lowest BCUT2D eigenvalue weighted by molar-refractivity contribution is 0.103. The van der Waals surface area contributed by atoms with Crippen LogP contribution < -0.4 is 5.32 Å². The van der Waals surface area contributed by atoms with Gasteiger partial charge in [0, 0.05) is 23.2 Å². The topological polar surface area (TPSA) is 33.5 Å². The van der Waals surface area contributed by atoms with Gasteiger partial charge in [0.15, 0.2) is 5.78 Å². The molecule has 0 atom stereocenters. The third-order valence-corrected chi connectivity index (χ3v) is 3.02. The van der Waals surface area contributed by atoms with Gasteiger partial charge in [0.2, 0.25) is 0 Å². The van der Waals surface area contributed by atoms with E-state index in [0.29, 0.717) is 5.56 Å². The number of allylic oxidation sites excluding steroid dienone is 2. The van der Waals surface area contributed by atoms with Gasteiger partial charge >= 0.3 is 0 Å². The Morgan fingerprint density at radius 1 is 1.60 bits per heavy atom. The van der Waals surface area contributed by atoms with Gasteiger partial charge < -0.3 is 10.1 Å². The van der Waals surface area contributed by atoms with E-state index in [1.165, 1.54) is 11.3 Å². The minimum atomic E-state index is -0.157. The molecule has 1 fully saturated rings. The second-order valence-electron chi connectivity index (χ2n) is 3.31. The van der Waals surface area contributed by atoms with Crippen molar-refractivity contribution in [2.24, 2.45) is 0 Å². The average Bonchev–Trinajstić information content (AvgIpc) is 2.91. The lowest BCUT2D eigenvalue weighted by Gasteiger charge is -2.02. The maximum atomic E-state index is 11.9. The Kier molecular flexibility index (Phi) is 2.84. The van der Waals surface area contributed by atoms with E-state index in [4.69, 9.17) is 6.57 Å². The van der Waals surface area contributed by atoms with Crippen LogP contribution in [0.1, 0.15) is 23.2 Å². The van der Waals surface area contributed by atoms with E-state index in [0.717, 1.165) is 25.1 Å². The van der Waals surface area contributed by atoms with E-state index in [1.54, 1.807) is 11.4 Å². The van der Waals surface area contributed by atoms with Crippen molar-refractivity contribution in [3.63, 3.8) is 0 Å². The van der Waals surface area contributed by atoms with Crippen LogP contribution in [0.25, 0.3) is 4.85 Å². The third kappa shape index (κ3) is 1.92. The highest BCUT2D eigenvalue weighted by atomic mass is 32.1. The molecule has 1 aliphatic rings. The number of carbonyl (C=O) groups is 1. The first kappa shape index (κ1) is 9.94. The molecule has 0 amide bonds. The first-order chi connectivity index (χ1) is 7.33. The monoisotopic (exact) mass is 218 g/mol. The zero-order chi connectivity index (χ0) is 10.7. The summed E-state index contributed by atoms with van der Waals surface area (Å²) in [5, 5.41) is 6.73. The maximum Gasteiger partial charge on any atom is 0.252 e. The quantitative estimate of drug-likeness (QED) is 0.470. The van der Waals surface area contributed by atoms with Crippen LogP contribution >= 0.6 is 11.3 Å². The van der Waals surface area contributed by atoms with Crippen molar-refractivity contribution in [1.82, 2.24) is 5.32 Å². The molecule has 0 spiro atoms. The molecule has 0 aromatic carbocycles. The van der Waals surface area contributed by atoms with Gasteiger partial charge in [0.1, 0.15) is 0 Å². The van der Waals surface area contributed by atoms with Crippen LogP contribution in [0.15, 0.2) is 28.2 Å². The summed E-state index contributed by atoms with van der Waals surface area (Å²) in [6, 6.07) is 1.76. The maximum absolute atomic E-state index is 11.9. The number of nitrogens with one attached hydrogen (secondary N) is 1. The molecule has 1 saturated heterocycles. The Morgan fingerprint density at radius 3 is 3.00 bits per heavy atom. The predicted octanol–water partition coefficient (Wildman–Crippen LogP) is 2.45. The first-order valence-electron chi connectivity index (χ1n) is 4.74. The van der Waals surface area contributed by atoms with Crippen LogP contribution in [0.3, 0.4) is 0 Å². The van der Waals surface area contributed by atoms with E-state index < -0.39 is 0 Å². The Hall–Kier alpha value is -1.60. The van der Waals surface area contributed by atoms with E-state index in [9.17, 15) is 4.79 Å². The van der Waals surface area contributed by atoms with Crippen LogP contribution in [0, 0.1) is 6.57 Å². The molecule has 0 aliphatic carbocycles. The molecular weight excluding hydrogens is 208 g/mol. The molecule has 0 radical (unpaired) electrons. The highest BCUT2D eigenvalue weighted by Gasteiger charge is 2.20. The molecule has 0 saturated carbocycles. The van der Waals surface area contributed by atoms with Gasteiger partial charge in [-0.25, -0.2) is 4.85 Å². The summed E-state index contributed by atoms with van der Waals surface area (Å²) in [4.78, 5) is 15.3.